The summed E-state index contributed by atoms with van der Waals surface area (Å²) in [6, 6.07) is 6.96. The first-order valence-corrected chi connectivity index (χ1v) is 8.59. The van der Waals surface area contributed by atoms with Gasteiger partial charge in [-0.05, 0) is 49.8 Å². The van der Waals surface area contributed by atoms with E-state index in [4.69, 9.17) is 4.74 Å². The van der Waals surface area contributed by atoms with Crippen molar-refractivity contribution in [3.05, 3.63) is 30.1 Å². The van der Waals surface area contributed by atoms with E-state index < -0.39 is 0 Å². The minimum Gasteiger partial charge on any atom is -0.370 e. The predicted octanol–water partition coefficient (Wildman–Crippen LogP) is 2.91. The molecule has 4 rings (SSSR count). The Morgan fingerprint density at radius 2 is 2.14 bits per heavy atom. The van der Waals surface area contributed by atoms with Gasteiger partial charge in [-0.3, -0.25) is 4.90 Å². The molecule has 0 bridgehead atoms. The first-order valence-electron chi connectivity index (χ1n) is 8.59. The molecule has 1 saturated carbocycles. The van der Waals surface area contributed by atoms with E-state index in [1.165, 1.54) is 25.5 Å². The van der Waals surface area contributed by atoms with Gasteiger partial charge in [0, 0.05) is 38.4 Å². The molecule has 2 heterocycles. The zero-order valence-corrected chi connectivity index (χ0v) is 13.1. The second-order valence-corrected chi connectivity index (χ2v) is 7.21. The molecule has 1 aromatic rings. The van der Waals surface area contributed by atoms with E-state index >= 15 is 0 Å². The van der Waals surface area contributed by atoms with Crippen LogP contribution in [0.15, 0.2) is 24.3 Å². The summed E-state index contributed by atoms with van der Waals surface area (Å²) in [4.78, 5) is 4.89. The standard InChI is InChI=1S/C18H25FN2O/c19-16-3-1-4-17(11-16)21-8-2-7-18(14-21)13-20(9-10-22-18)12-15-5-6-15/h1,3-4,11,15H,2,5-10,12-14H2/t18-/m0/s1. The zero-order chi connectivity index (χ0) is 15.0. The van der Waals surface area contributed by atoms with Crippen molar-refractivity contribution in [1.29, 1.82) is 0 Å². The average Bonchev–Trinajstić information content (AvgIpc) is 3.31. The smallest absolute Gasteiger partial charge is 0.125 e. The van der Waals surface area contributed by atoms with E-state index in [1.807, 2.05) is 6.07 Å². The van der Waals surface area contributed by atoms with E-state index in [9.17, 15) is 4.39 Å². The van der Waals surface area contributed by atoms with Crippen molar-refractivity contribution < 1.29 is 9.13 Å². The van der Waals surface area contributed by atoms with Gasteiger partial charge in [0.15, 0.2) is 0 Å². The number of anilines is 1. The van der Waals surface area contributed by atoms with Crippen molar-refractivity contribution >= 4 is 5.69 Å². The highest BCUT2D eigenvalue weighted by Gasteiger charge is 2.41. The van der Waals surface area contributed by atoms with Gasteiger partial charge in [-0.1, -0.05) is 6.07 Å². The van der Waals surface area contributed by atoms with E-state index in [2.05, 4.69) is 9.80 Å². The molecule has 1 aromatic carbocycles. The van der Waals surface area contributed by atoms with Gasteiger partial charge < -0.3 is 9.64 Å². The molecule has 1 atom stereocenters. The lowest BCUT2D eigenvalue weighted by molar-refractivity contribution is -0.115. The summed E-state index contributed by atoms with van der Waals surface area (Å²) < 4.78 is 19.7. The molecule has 2 aliphatic heterocycles. The van der Waals surface area contributed by atoms with Crippen LogP contribution in [0.25, 0.3) is 0 Å². The van der Waals surface area contributed by atoms with Crippen LogP contribution in [-0.2, 0) is 4.74 Å². The van der Waals surface area contributed by atoms with Crippen molar-refractivity contribution in [2.24, 2.45) is 5.92 Å². The second-order valence-electron chi connectivity index (χ2n) is 7.21. The van der Waals surface area contributed by atoms with Gasteiger partial charge in [-0.2, -0.15) is 0 Å². The van der Waals surface area contributed by atoms with Crippen molar-refractivity contribution in [2.45, 2.75) is 31.3 Å². The molecule has 22 heavy (non-hydrogen) atoms. The maximum Gasteiger partial charge on any atom is 0.125 e. The predicted molar refractivity (Wildman–Crippen MR) is 85.7 cm³/mol. The Bertz CT molecular complexity index is 530. The molecule has 1 aliphatic carbocycles. The average molecular weight is 304 g/mol. The van der Waals surface area contributed by atoms with Crippen molar-refractivity contribution in [3.8, 4) is 0 Å². The molecule has 2 saturated heterocycles. The van der Waals surface area contributed by atoms with Crippen molar-refractivity contribution in [2.75, 3.05) is 44.2 Å². The third-order valence-electron chi connectivity index (χ3n) is 5.25. The zero-order valence-electron chi connectivity index (χ0n) is 13.1. The molecule has 3 aliphatic rings. The highest BCUT2D eigenvalue weighted by molar-refractivity contribution is 5.47. The molecule has 0 radical (unpaired) electrons. The number of hydrogen-bond donors (Lipinski definition) is 0. The SMILES string of the molecule is Fc1cccc(N2CCC[C@]3(CN(CC4CC4)CCO3)C2)c1. The largest absolute Gasteiger partial charge is 0.370 e. The monoisotopic (exact) mass is 304 g/mol. The number of nitrogens with zero attached hydrogens (tertiary/aromatic N) is 2. The summed E-state index contributed by atoms with van der Waals surface area (Å²) >= 11 is 0. The first-order chi connectivity index (χ1) is 10.7. The topological polar surface area (TPSA) is 15.7 Å². The molecule has 0 N–H and O–H groups in total. The van der Waals surface area contributed by atoms with Crippen LogP contribution >= 0.6 is 0 Å². The fourth-order valence-corrected chi connectivity index (χ4v) is 3.98. The summed E-state index contributed by atoms with van der Waals surface area (Å²) in [5, 5.41) is 0. The number of morpholine rings is 1. The number of rotatable bonds is 3. The minimum atomic E-state index is -0.156. The van der Waals surface area contributed by atoms with E-state index in [-0.39, 0.29) is 11.4 Å². The van der Waals surface area contributed by atoms with Crippen LogP contribution in [0.2, 0.25) is 0 Å². The van der Waals surface area contributed by atoms with Crippen LogP contribution in [0.1, 0.15) is 25.7 Å². The number of halogens is 1. The summed E-state index contributed by atoms with van der Waals surface area (Å²) in [6.07, 6.45) is 5.05. The summed E-state index contributed by atoms with van der Waals surface area (Å²) in [7, 11) is 0. The highest BCUT2D eigenvalue weighted by atomic mass is 19.1. The Morgan fingerprint density at radius 1 is 1.23 bits per heavy atom. The lowest BCUT2D eigenvalue weighted by Crippen LogP contribution is -2.60. The number of benzene rings is 1. The molecule has 0 amide bonds. The second kappa shape index (κ2) is 5.82. The molecular weight excluding hydrogens is 279 g/mol. The van der Waals surface area contributed by atoms with Crippen molar-refractivity contribution in [1.82, 2.24) is 4.90 Å². The van der Waals surface area contributed by atoms with Crippen LogP contribution < -0.4 is 4.90 Å². The lowest BCUT2D eigenvalue weighted by Gasteiger charge is -2.48. The number of piperidine rings is 1. The first kappa shape index (κ1) is 14.5. The summed E-state index contributed by atoms with van der Waals surface area (Å²) in [5.74, 6) is 0.773. The van der Waals surface area contributed by atoms with Gasteiger partial charge in [-0.25, -0.2) is 4.39 Å². The molecule has 0 aromatic heterocycles. The lowest BCUT2D eigenvalue weighted by atomic mass is 9.90. The van der Waals surface area contributed by atoms with E-state index in [0.717, 1.165) is 57.2 Å². The van der Waals surface area contributed by atoms with Crippen LogP contribution in [0.5, 0.6) is 0 Å². The fourth-order valence-electron chi connectivity index (χ4n) is 3.98. The quantitative estimate of drug-likeness (QED) is 0.854. The van der Waals surface area contributed by atoms with Gasteiger partial charge >= 0.3 is 0 Å². The molecule has 1 spiro atoms. The molecule has 3 fully saturated rings. The Morgan fingerprint density at radius 3 is 2.95 bits per heavy atom. The van der Waals surface area contributed by atoms with Gasteiger partial charge in [0.05, 0.1) is 12.2 Å². The Hall–Kier alpha value is -1.13. The van der Waals surface area contributed by atoms with Gasteiger partial charge in [-0.15, -0.1) is 0 Å². The molecule has 0 unspecified atom stereocenters. The Labute approximate surface area is 132 Å². The van der Waals surface area contributed by atoms with E-state index in [1.54, 1.807) is 12.1 Å². The van der Waals surface area contributed by atoms with Crippen LogP contribution in [0, 0.1) is 11.7 Å². The third kappa shape index (κ3) is 3.13. The van der Waals surface area contributed by atoms with Crippen LogP contribution in [0.3, 0.4) is 0 Å². The molecule has 4 heteroatoms. The maximum atomic E-state index is 13.5. The van der Waals surface area contributed by atoms with Gasteiger partial charge in [0.1, 0.15) is 5.82 Å². The third-order valence-corrected chi connectivity index (χ3v) is 5.25. The Kier molecular flexibility index (Phi) is 3.82. The molecular formula is C18H25FN2O. The van der Waals surface area contributed by atoms with Gasteiger partial charge in [0.25, 0.3) is 0 Å². The fraction of sp³-hybridized carbons (Fsp3) is 0.667. The number of hydrogen-bond acceptors (Lipinski definition) is 3. The van der Waals surface area contributed by atoms with Crippen LogP contribution in [0.4, 0.5) is 10.1 Å². The van der Waals surface area contributed by atoms with E-state index in [0.29, 0.717) is 0 Å². The minimum absolute atomic E-state index is 0.0578. The maximum absolute atomic E-state index is 13.5. The Balaban J connectivity index is 1.47. The highest BCUT2D eigenvalue weighted by Crippen LogP contribution is 2.35. The summed E-state index contributed by atoms with van der Waals surface area (Å²) in [6.45, 7) is 6.07. The molecule has 120 valence electrons. The van der Waals surface area contributed by atoms with Crippen molar-refractivity contribution in [3.63, 3.8) is 0 Å². The van der Waals surface area contributed by atoms with Crippen LogP contribution in [-0.4, -0.2) is 49.8 Å². The summed E-state index contributed by atoms with van der Waals surface area (Å²) in [5.41, 5.74) is 0.930. The molecule has 3 nitrogen and oxygen atoms in total. The number of ether oxygens (including phenoxy) is 1. The normalized spacial score (nSPS) is 30.0. The van der Waals surface area contributed by atoms with Gasteiger partial charge in [0.2, 0.25) is 0 Å².